The molecule has 0 spiro atoms. The van der Waals surface area contributed by atoms with E-state index in [2.05, 4.69) is 10.3 Å². The van der Waals surface area contributed by atoms with Gasteiger partial charge in [-0.15, -0.1) is 0 Å². The smallest absolute Gasteiger partial charge is 0.261 e. The van der Waals surface area contributed by atoms with Crippen LogP contribution >= 0.6 is 11.6 Å². The number of nitrogens with one attached hydrogen (secondary N) is 1. The third-order valence-electron chi connectivity index (χ3n) is 4.45. The van der Waals surface area contributed by atoms with E-state index in [1.54, 1.807) is 24.3 Å². The molecule has 1 heterocycles. The number of benzene rings is 3. The molecule has 0 fully saturated rings. The van der Waals surface area contributed by atoms with E-state index in [0.717, 1.165) is 10.9 Å². The van der Waals surface area contributed by atoms with Crippen LogP contribution in [0.5, 0.6) is 0 Å². The van der Waals surface area contributed by atoms with Crippen molar-refractivity contribution in [1.82, 2.24) is 0 Å². The van der Waals surface area contributed by atoms with Crippen molar-refractivity contribution in [2.24, 2.45) is 4.99 Å². The zero-order valence-corrected chi connectivity index (χ0v) is 16.2. The topological polar surface area (TPSA) is 54.6 Å². The van der Waals surface area contributed by atoms with E-state index in [9.17, 15) is 9.18 Å². The Morgan fingerprint density at radius 1 is 1.03 bits per heavy atom. The Hall–Kier alpha value is -3.44. The molecular formula is C23H16ClFN2O2. The van der Waals surface area contributed by atoms with E-state index in [1.807, 2.05) is 43.3 Å². The first-order chi connectivity index (χ1) is 14.0. The lowest BCUT2D eigenvalue weighted by molar-refractivity contribution is 0.102. The van der Waals surface area contributed by atoms with Crippen LogP contribution in [0.15, 0.2) is 82.2 Å². The molecule has 1 amide bonds. The number of amides is 1. The predicted molar refractivity (Wildman–Crippen MR) is 112 cm³/mol. The van der Waals surface area contributed by atoms with Crippen LogP contribution in [0.1, 0.15) is 15.9 Å². The average molecular weight is 407 g/mol. The number of halogens is 2. The summed E-state index contributed by atoms with van der Waals surface area (Å²) in [5.41, 5.74) is 2.29. The van der Waals surface area contributed by atoms with Crippen LogP contribution in [-0.2, 0) is 0 Å². The predicted octanol–water partition coefficient (Wildman–Crippen LogP) is 6.02. The van der Waals surface area contributed by atoms with Crippen LogP contribution in [0.3, 0.4) is 0 Å². The van der Waals surface area contributed by atoms with Crippen LogP contribution < -0.4 is 10.9 Å². The Kier molecular flexibility index (Phi) is 5.14. The molecule has 0 atom stereocenters. The van der Waals surface area contributed by atoms with Gasteiger partial charge in [0.15, 0.2) is 5.82 Å². The summed E-state index contributed by atoms with van der Waals surface area (Å²) in [5.74, 6) is -1.09. The van der Waals surface area contributed by atoms with Crippen LogP contribution in [0.4, 0.5) is 15.8 Å². The summed E-state index contributed by atoms with van der Waals surface area (Å²) < 4.78 is 20.2. The van der Waals surface area contributed by atoms with Gasteiger partial charge in [0.1, 0.15) is 16.8 Å². The van der Waals surface area contributed by atoms with Gasteiger partial charge in [-0.1, -0.05) is 54.1 Å². The number of aryl methyl sites for hydroxylation is 1. The van der Waals surface area contributed by atoms with E-state index >= 15 is 0 Å². The third kappa shape index (κ3) is 3.91. The first kappa shape index (κ1) is 18.9. The molecule has 0 radical (unpaired) electrons. The number of carbonyl (C=O) groups excluding carboxylic acids is 1. The monoisotopic (exact) mass is 406 g/mol. The number of para-hydroxylation sites is 2. The van der Waals surface area contributed by atoms with Crippen LogP contribution in [0.25, 0.3) is 11.0 Å². The zero-order valence-electron chi connectivity index (χ0n) is 15.4. The molecule has 0 saturated carbocycles. The molecule has 0 bridgehead atoms. The number of anilines is 1. The lowest BCUT2D eigenvalue weighted by Gasteiger charge is -2.09. The summed E-state index contributed by atoms with van der Waals surface area (Å²) in [6.07, 6.45) is 0. The molecule has 0 unspecified atom stereocenters. The van der Waals surface area contributed by atoms with Crippen LogP contribution in [0, 0.1) is 12.7 Å². The third-order valence-corrected chi connectivity index (χ3v) is 4.74. The fourth-order valence-electron chi connectivity index (χ4n) is 2.91. The van der Waals surface area contributed by atoms with Gasteiger partial charge >= 0.3 is 0 Å². The normalized spacial score (nSPS) is 11.6. The molecule has 0 aliphatic heterocycles. The summed E-state index contributed by atoms with van der Waals surface area (Å²) in [5, 5.41) is 3.54. The summed E-state index contributed by atoms with van der Waals surface area (Å²) in [7, 11) is 0. The second-order valence-electron chi connectivity index (χ2n) is 6.46. The maximum atomic E-state index is 14.4. The number of fused-ring (bicyclic) bond motifs is 1. The van der Waals surface area contributed by atoms with E-state index < -0.39 is 11.7 Å². The molecular weight excluding hydrogens is 391 g/mol. The van der Waals surface area contributed by atoms with Crippen molar-refractivity contribution in [1.29, 1.82) is 0 Å². The SMILES string of the molecule is Cc1ccccc1NC(=O)c1cc2ccccc2oc1=Nc1cccc(Cl)c1F. The highest BCUT2D eigenvalue weighted by Crippen LogP contribution is 2.24. The van der Waals surface area contributed by atoms with Gasteiger partial charge in [-0.25, -0.2) is 9.38 Å². The highest BCUT2D eigenvalue weighted by Gasteiger charge is 2.15. The van der Waals surface area contributed by atoms with Crippen molar-refractivity contribution in [2.75, 3.05) is 5.32 Å². The Labute approximate surface area is 171 Å². The molecule has 0 aliphatic carbocycles. The van der Waals surface area contributed by atoms with Gasteiger partial charge in [-0.05, 0) is 42.8 Å². The largest absolute Gasteiger partial charge is 0.438 e. The number of rotatable bonds is 3. The number of hydrogen-bond acceptors (Lipinski definition) is 3. The van der Waals surface area contributed by atoms with Gasteiger partial charge in [0.25, 0.3) is 5.91 Å². The van der Waals surface area contributed by atoms with Gasteiger partial charge in [-0.3, -0.25) is 4.79 Å². The minimum absolute atomic E-state index is 0.00375. The first-order valence-corrected chi connectivity index (χ1v) is 9.29. The molecule has 0 saturated heterocycles. The Balaban J connectivity index is 1.89. The fraction of sp³-hybridized carbons (Fsp3) is 0.0435. The summed E-state index contributed by atoms with van der Waals surface area (Å²) in [6, 6.07) is 20.8. The quantitative estimate of drug-likeness (QED) is 0.452. The number of nitrogens with zero attached hydrogens (tertiary/aromatic N) is 1. The molecule has 4 aromatic rings. The fourth-order valence-corrected chi connectivity index (χ4v) is 3.08. The minimum atomic E-state index is -0.678. The Bertz CT molecular complexity index is 1300. The van der Waals surface area contributed by atoms with Crippen LogP contribution in [0.2, 0.25) is 5.02 Å². The minimum Gasteiger partial charge on any atom is -0.438 e. The molecule has 0 aliphatic rings. The van der Waals surface area contributed by atoms with Crippen molar-refractivity contribution in [3.8, 4) is 0 Å². The molecule has 3 aromatic carbocycles. The summed E-state index contributed by atoms with van der Waals surface area (Å²) in [4.78, 5) is 17.3. The molecule has 4 rings (SSSR count). The van der Waals surface area contributed by atoms with Gasteiger partial charge in [0, 0.05) is 11.1 Å². The molecule has 6 heteroatoms. The summed E-state index contributed by atoms with van der Waals surface area (Å²) >= 11 is 5.86. The number of carbonyl (C=O) groups is 1. The molecule has 144 valence electrons. The van der Waals surface area contributed by atoms with Gasteiger partial charge in [0.05, 0.1) is 5.02 Å². The maximum Gasteiger partial charge on any atom is 0.261 e. The van der Waals surface area contributed by atoms with Crippen molar-refractivity contribution in [2.45, 2.75) is 6.92 Å². The maximum absolute atomic E-state index is 14.4. The van der Waals surface area contributed by atoms with Gasteiger partial charge in [0.2, 0.25) is 5.55 Å². The van der Waals surface area contributed by atoms with Gasteiger partial charge in [-0.2, -0.15) is 0 Å². The second-order valence-corrected chi connectivity index (χ2v) is 6.86. The van der Waals surface area contributed by atoms with E-state index in [4.69, 9.17) is 16.0 Å². The highest BCUT2D eigenvalue weighted by molar-refractivity contribution is 6.31. The molecule has 4 nitrogen and oxygen atoms in total. The van der Waals surface area contributed by atoms with Crippen molar-refractivity contribution in [3.63, 3.8) is 0 Å². The van der Waals surface area contributed by atoms with Crippen LogP contribution in [-0.4, -0.2) is 5.91 Å². The van der Waals surface area contributed by atoms with Crippen molar-refractivity contribution < 1.29 is 13.6 Å². The number of hydrogen-bond donors (Lipinski definition) is 1. The van der Waals surface area contributed by atoms with E-state index in [1.165, 1.54) is 12.1 Å². The van der Waals surface area contributed by atoms with Crippen molar-refractivity contribution >= 4 is 39.9 Å². The Morgan fingerprint density at radius 3 is 2.62 bits per heavy atom. The zero-order chi connectivity index (χ0) is 20.4. The molecule has 1 aromatic heterocycles. The lowest BCUT2D eigenvalue weighted by atomic mass is 10.1. The lowest BCUT2D eigenvalue weighted by Crippen LogP contribution is -2.22. The van der Waals surface area contributed by atoms with Crippen molar-refractivity contribution in [3.05, 3.63) is 100 Å². The molecule has 1 N–H and O–H groups in total. The summed E-state index contributed by atoms with van der Waals surface area (Å²) in [6.45, 7) is 1.90. The second kappa shape index (κ2) is 7.89. The standard InChI is InChI=1S/C23H16ClFN2O2/c1-14-7-2-4-10-18(14)26-22(28)16-13-15-8-3-5-12-20(15)29-23(16)27-19-11-6-9-17(24)21(19)25/h2-13H,1H3,(H,26,28). The van der Waals surface area contributed by atoms with Gasteiger partial charge < -0.3 is 9.73 Å². The molecule has 29 heavy (non-hydrogen) atoms. The van der Waals surface area contributed by atoms with E-state index in [-0.39, 0.29) is 21.8 Å². The Morgan fingerprint density at radius 2 is 1.79 bits per heavy atom. The average Bonchev–Trinajstić information content (AvgIpc) is 2.72. The van der Waals surface area contributed by atoms with E-state index in [0.29, 0.717) is 11.3 Å². The highest BCUT2D eigenvalue weighted by atomic mass is 35.5. The first-order valence-electron chi connectivity index (χ1n) is 8.91.